The highest BCUT2D eigenvalue weighted by molar-refractivity contribution is 9.10. The van der Waals surface area contributed by atoms with E-state index in [0.717, 1.165) is 33.9 Å². The summed E-state index contributed by atoms with van der Waals surface area (Å²) in [6.07, 6.45) is 0. The molecule has 1 heterocycles. The molecule has 0 radical (unpaired) electrons. The number of benzene rings is 3. The quantitative estimate of drug-likeness (QED) is 0.519. The van der Waals surface area contributed by atoms with Crippen LogP contribution in [0.3, 0.4) is 0 Å². The van der Waals surface area contributed by atoms with Gasteiger partial charge in [0, 0.05) is 22.1 Å². The summed E-state index contributed by atoms with van der Waals surface area (Å²) in [5.41, 5.74) is 4.59. The zero-order chi connectivity index (χ0) is 18.8. The smallest absolute Gasteiger partial charge is 0.137 e. The zero-order valence-corrected chi connectivity index (χ0v) is 17.0. The van der Waals surface area contributed by atoms with Crippen molar-refractivity contribution < 1.29 is 4.74 Å². The third-order valence-electron chi connectivity index (χ3n) is 4.90. The molecule has 4 rings (SSSR count). The second kappa shape index (κ2) is 7.57. The van der Waals surface area contributed by atoms with E-state index in [2.05, 4.69) is 88.4 Å². The molecule has 4 heteroatoms. The zero-order valence-electron chi connectivity index (χ0n) is 15.4. The van der Waals surface area contributed by atoms with Crippen LogP contribution in [0.2, 0.25) is 0 Å². The summed E-state index contributed by atoms with van der Waals surface area (Å²) in [4.78, 5) is 7.39. The minimum atomic E-state index is 0.123. The fraction of sp³-hybridized carbons (Fsp3) is 0.174. The molecule has 3 aromatic carbocycles. The molecule has 0 amide bonds. The summed E-state index contributed by atoms with van der Waals surface area (Å²) in [5.74, 6) is 1.84. The largest absolute Gasteiger partial charge is 0.497 e. The molecule has 0 bridgehead atoms. The number of halogens is 1. The minimum absolute atomic E-state index is 0.123. The van der Waals surface area contributed by atoms with Crippen LogP contribution in [0.1, 0.15) is 29.7 Å². The van der Waals surface area contributed by atoms with E-state index in [4.69, 9.17) is 9.73 Å². The van der Waals surface area contributed by atoms with Gasteiger partial charge in [-0.3, -0.25) is 0 Å². The van der Waals surface area contributed by atoms with Gasteiger partial charge in [-0.2, -0.15) is 0 Å². The lowest BCUT2D eigenvalue weighted by Crippen LogP contribution is -2.38. The maximum absolute atomic E-state index is 5.31. The molecule has 0 fully saturated rings. The lowest BCUT2D eigenvalue weighted by Gasteiger charge is -2.38. The number of rotatable bonds is 4. The van der Waals surface area contributed by atoms with Gasteiger partial charge in [0.05, 0.1) is 18.8 Å². The Bertz CT molecular complexity index is 967. The number of ether oxygens (including phenoxy) is 1. The fourth-order valence-electron chi connectivity index (χ4n) is 3.61. The lowest BCUT2D eigenvalue weighted by atomic mass is 9.93. The summed E-state index contributed by atoms with van der Waals surface area (Å²) in [6.45, 7) is 3.04. The van der Waals surface area contributed by atoms with Crippen molar-refractivity contribution in [3.63, 3.8) is 0 Å². The number of hydrogen-bond donors (Lipinski definition) is 0. The van der Waals surface area contributed by atoms with Crippen LogP contribution >= 0.6 is 15.9 Å². The van der Waals surface area contributed by atoms with Crippen molar-refractivity contribution in [2.75, 3.05) is 13.7 Å². The molecule has 136 valence electrons. The van der Waals surface area contributed by atoms with Gasteiger partial charge < -0.3 is 9.64 Å². The van der Waals surface area contributed by atoms with Crippen LogP contribution in [-0.4, -0.2) is 24.4 Å². The van der Waals surface area contributed by atoms with E-state index < -0.39 is 0 Å². The Hall–Kier alpha value is -2.59. The van der Waals surface area contributed by atoms with Crippen molar-refractivity contribution in [3.8, 4) is 5.75 Å². The van der Waals surface area contributed by atoms with E-state index >= 15 is 0 Å². The first kappa shape index (κ1) is 17.8. The molecule has 1 aliphatic heterocycles. The van der Waals surface area contributed by atoms with Crippen molar-refractivity contribution in [3.05, 3.63) is 94.0 Å². The molecule has 3 nitrogen and oxygen atoms in total. The molecule has 3 aromatic rings. The van der Waals surface area contributed by atoms with E-state index in [1.165, 1.54) is 11.1 Å². The van der Waals surface area contributed by atoms with Gasteiger partial charge in [-0.25, -0.2) is 4.99 Å². The molecular formula is C23H21BrN2O. The van der Waals surface area contributed by atoms with Gasteiger partial charge in [-0.1, -0.05) is 46.3 Å². The highest BCUT2D eigenvalue weighted by Gasteiger charge is 2.31. The van der Waals surface area contributed by atoms with Crippen molar-refractivity contribution in [1.82, 2.24) is 4.90 Å². The monoisotopic (exact) mass is 420 g/mol. The van der Waals surface area contributed by atoms with E-state index in [-0.39, 0.29) is 6.04 Å². The molecule has 0 spiro atoms. The minimum Gasteiger partial charge on any atom is -0.497 e. The Morgan fingerprint density at radius 2 is 1.74 bits per heavy atom. The maximum Gasteiger partial charge on any atom is 0.137 e. The van der Waals surface area contributed by atoms with Crippen LogP contribution in [0.25, 0.3) is 0 Å². The van der Waals surface area contributed by atoms with Crippen LogP contribution in [0.4, 0.5) is 5.69 Å². The Morgan fingerprint density at radius 3 is 2.41 bits per heavy atom. The number of nitrogens with zero attached hydrogens (tertiary/aromatic N) is 2. The third-order valence-corrected chi connectivity index (χ3v) is 5.39. The highest BCUT2D eigenvalue weighted by Crippen LogP contribution is 2.41. The van der Waals surface area contributed by atoms with Crippen molar-refractivity contribution in [2.24, 2.45) is 4.99 Å². The second-order valence-electron chi connectivity index (χ2n) is 6.47. The van der Waals surface area contributed by atoms with E-state index in [9.17, 15) is 0 Å². The summed E-state index contributed by atoms with van der Waals surface area (Å²) in [5, 5.41) is 0. The molecular weight excluding hydrogens is 400 g/mol. The SMILES string of the molecule is CCN1C(c2ccc(OC)cc2)=Nc2ccc(Br)cc2C1c1ccccc1. The molecule has 0 aliphatic carbocycles. The number of fused-ring (bicyclic) bond motifs is 1. The Labute approximate surface area is 168 Å². The van der Waals surface area contributed by atoms with Gasteiger partial charge in [-0.05, 0) is 55.0 Å². The van der Waals surface area contributed by atoms with Crippen LogP contribution in [0.5, 0.6) is 5.75 Å². The number of aliphatic imine (C=N–C) groups is 1. The average molecular weight is 421 g/mol. The summed E-state index contributed by atoms with van der Waals surface area (Å²) in [7, 11) is 1.69. The van der Waals surface area contributed by atoms with E-state index in [0.29, 0.717) is 0 Å². The van der Waals surface area contributed by atoms with Crippen molar-refractivity contribution in [1.29, 1.82) is 0 Å². The Morgan fingerprint density at radius 1 is 1.00 bits per heavy atom. The first-order valence-electron chi connectivity index (χ1n) is 9.05. The van der Waals surface area contributed by atoms with Crippen LogP contribution in [0.15, 0.2) is 82.3 Å². The summed E-state index contributed by atoms with van der Waals surface area (Å²) < 4.78 is 6.38. The molecule has 0 saturated carbocycles. The number of methoxy groups -OCH3 is 1. The Balaban J connectivity index is 1.89. The molecule has 0 aromatic heterocycles. The molecule has 1 atom stereocenters. The van der Waals surface area contributed by atoms with Gasteiger partial charge in [-0.15, -0.1) is 0 Å². The van der Waals surface area contributed by atoms with Gasteiger partial charge in [0.15, 0.2) is 0 Å². The van der Waals surface area contributed by atoms with Gasteiger partial charge >= 0.3 is 0 Å². The fourth-order valence-corrected chi connectivity index (χ4v) is 3.99. The lowest BCUT2D eigenvalue weighted by molar-refractivity contribution is 0.370. The molecule has 0 saturated heterocycles. The first-order valence-corrected chi connectivity index (χ1v) is 9.84. The van der Waals surface area contributed by atoms with Crippen molar-refractivity contribution >= 4 is 27.5 Å². The van der Waals surface area contributed by atoms with Crippen LogP contribution in [0, 0.1) is 0 Å². The molecule has 27 heavy (non-hydrogen) atoms. The van der Waals surface area contributed by atoms with Gasteiger partial charge in [0.25, 0.3) is 0 Å². The summed E-state index contributed by atoms with van der Waals surface area (Å²) in [6, 6.07) is 25.2. The van der Waals surface area contributed by atoms with E-state index in [1.54, 1.807) is 7.11 Å². The second-order valence-corrected chi connectivity index (χ2v) is 7.38. The molecule has 0 N–H and O–H groups in total. The normalized spacial score (nSPS) is 15.9. The van der Waals surface area contributed by atoms with Crippen molar-refractivity contribution in [2.45, 2.75) is 13.0 Å². The third kappa shape index (κ3) is 3.37. The average Bonchev–Trinajstić information content (AvgIpc) is 2.73. The maximum atomic E-state index is 5.31. The van der Waals surface area contributed by atoms with Crippen LogP contribution < -0.4 is 4.74 Å². The van der Waals surface area contributed by atoms with Crippen LogP contribution in [-0.2, 0) is 0 Å². The van der Waals surface area contributed by atoms with Gasteiger partial charge in [0.1, 0.15) is 11.6 Å². The van der Waals surface area contributed by atoms with E-state index in [1.807, 2.05) is 12.1 Å². The molecule has 1 unspecified atom stereocenters. The standard InChI is InChI=1S/C23H21BrN2O/c1-3-26-22(16-7-5-4-6-8-16)20-15-18(24)11-14-21(20)25-23(26)17-9-12-19(27-2)13-10-17/h4-15,22H,3H2,1-2H3. The predicted molar refractivity (Wildman–Crippen MR) is 114 cm³/mol. The number of hydrogen-bond acceptors (Lipinski definition) is 3. The first-order chi connectivity index (χ1) is 13.2. The number of amidine groups is 1. The Kier molecular flexibility index (Phi) is 4.99. The summed E-state index contributed by atoms with van der Waals surface area (Å²) >= 11 is 3.63. The molecule has 1 aliphatic rings. The topological polar surface area (TPSA) is 24.8 Å². The predicted octanol–water partition coefficient (Wildman–Crippen LogP) is 5.96. The van der Waals surface area contributed by atoms with Gasteiger partial charge in [0.2, 0.25) is 0 Å². The highest BCUT2D eigenvalue weighted by atomic mass is 79.9.